The summed E-state index contributed by atoms with van der Waals surface area (Å²) < 4.78 is 44.7. The van der Waals surface area contributed by atoms with E-state index in [1.54, 1.807) is 31.2 Å². The van der Waals surface area contributed by atoms with Gasteiger partial charge in [0.15, 0.2) is 0 Å². The summed E-state index contributed by atoms with van der Waals surface area (Å²) >= 11 is 0. The molecular weight excluding hydrogens is 385 g/mol. The summed E-state index contributed by atoms with van der Waals surface area (Å²) in [7, 11) is -3.57. The molecule has 0 spiro atoms. The van der Waals surface area contributed by atoms with Crippen molar-refractivity contribution in [2.45, 2.75) is 17.9 Å². The number of rotatable bonds is 6. The van der Waals surface area contributed by atoms with Crippen LogP contribution in [-0.2, 0) is 19.6 Å². The first-order chi connectivity index (χ1) is 13.4. The second-order valence-electron chi connectivity index (χ2n) is 6.40. The van der Waals surface area contributed by atoms with E-state index in [0.29, 0.717) is 37.7 Å². The van der Waals surface area contributed by atoms with E-state index in [0.717, 1.165) is 0 Å². The van der Waals surface area contributed by atoms with Crippen LogP contribution in [0.25, 0.3) is 0 Å². The molecule has 150 valence electrons. The second kappa shape index (κ2) is 8.68. The normalized spacial score (nSPS) is 16.4. The van der Waals surface area contributed by atoms with Gasteiger partial charge in [-0.25, -0.2) is 12.8 Å². The molecule has 1 heterocycles. The average molecular weight is 407 g/mol. The van der Waals surface area contributed by atoms with E-state index in [1.807, 2.05) is 0 Å². The number of benzene rings is 2. The fourth-order valence-corrected chi connectivity index (χ4v) is 4.17. The van der Waals surface area contributed by atoms with E-state index < -0.39 is 16.1 Å². The van der Waals surface area contributed by atoms with Gasteiger partial charge in [-0.2, -0.15) is 4.31 Å². The molecule has 1 aliphatic heterocycles. The topological polar surface area (TPSA) is 87.7 Å². The molecule has 28 heavy (non-hydrogen) atoms. The maximum absolute atomic E-state index is 12.9. The van der Waals surface area contributed by atoms with Gasteiger partial charge in [-0.05, 0) is 55.5 Å². The standard InChI is InChI=1S/C19H22FN3O4S/c1-14(21-16-4-2-15(20)3-5-16)19(24)22-17-6-8-18(9-7-17)28(25,26)23-10-12-27-13-11-23/h2-9,14,21H,10-13H2,1H3,(H,22,24)/t14-/m1/s1. The zero-order valence-electron chi connectivity index (χ0n) is 15.4. The lowest BCUT2D eigenvalue weighted by Crippen LogP contribution is -2.40. The second-order valence-corrected chi connectivity index (χ2v) is 8.34. The highest BCUT2D eigenvalue weighted by molar-refractivity contribution is 7.89. The van der Waals surface area contributed by atoms with Crippen molar-refractivity contribution in [1.82, 2.24) is 4.31 Å². The van der Waals surface area contributed by atoms with E-state index in [-0.39, 0.29) is 16.6 Å². The molecule has 0 aromatic heterocycles. The Morgan fingerprint density at radius 2 is 1.61 bits per heavy atom. The van der Waals surface area contributed by atoms with Crippen LogP contribution in [0, 0.1) is 5.82 Å². The molecule has 2 aromatic carbocycles. The first kappa shape index (κ1) is 20.2. The van der Waals surface area contributed by atoms with E-state index in [2.05, 4.69) is 10.6 Å². The molecule has 1 atom stereocenters. The number of hydrogen-bond donors (Lipinski definition) is 2. The predicted molar refractivity (Wildman–Crippen MR) is 104 cm³/mol. The maximum Gasteiger partial charge on any atom is 0.246 e. The number of morpholine rings is 1. The molecule has 0 bridgehead atoms. The van der Waals surface area contributed by atoms with Crippen LogP contribution in [0.1, 0.15) is 6.92 Å². The summed E-state index contributed by atoms with van der Waals surface area (Å²) in [5.74, 6) is -0.650. The van der Waals surface area contributed by atoms with Gasteiger partial charge in [-0.1, -0.05) is 0 Å². The van der Waals surface area contributed by atoms with Crippen molar-refractivity contribution < 1.29 is 22.3 Å². The van der Waals surface area contributed by atoms with Crippen LogP contribution in [0.15, 0.2) is 53.4 Å². The van der Waals surface area contributed by atoms with Crippen LogP contribution < -0.4 is 10.6 Å². The lowest BCUT2D eigenvalue weighted by Gasteiger charge is -2.26. The number of ether oxygens (including phenoxy) is 1. The highest BCUT2D eigenvalue weighted by Gasteiger charge is 2.26. The van der Waals surface area contributed by atoms with Gasteiger partial charge < -0.3 is 15.4 Å². The molecule has 1 aliphatic rings. The molecule has 2 aromatic rings. The third kappa shape index (κ3) is 4.86. The number of nitrogens with zero attached hydrogens (tertiary/aromatic N) is 1. The van der Waals surface area contributed by atoms with E-state index >= 15 is 0 Å². The highest BCUT2D eigenvalue weighted by atomic mass is 32.2. The van der Waals surface area contributed by atoms with Crippen LogP contribution in [-0.4, -0.2) is 51.0 Å². The van der Waals surface area contributed by atoms with Crippen LogP contribution in [0.4, 0.5) is 15.8 Å². The van der Waals surface area contributed by atoms with Gasteiger partial charge in [0.05, 0.1) is 18.1 Å². The monoisotopic (exact) mass is 407 g/mol. The molecule has 1 saturated heterocycles. The summed E-state index contributed by atoms with van der Waals surface area (Å²) in [6, 6.07) is 11.2. The molecule has 0 saturated carbocycles. The van der Waals surface area contributed by atoms with Gasteiger partial charge in [0.2, 0.25) is 15.9 Å². The summed E-state index contributed by atoms with van der Waals surface area (Å²) in [6.07, 6.45) is 0. The van der Waals surface area contributed by atoms with E-state index in [4.69, 9.17) is 4.74 Å². The number of sulfonamides is 1. The average Bonchev–Trinajstić information content (AvgIpc) is 2.70. The van der Waals surface area contributed by atoms with Gasteiger partial charge >= 0.3 is 0 Å². The van der Waals surface area contributed by atoms with Gasteiger partial charge in [-0.3, -0.25) is 4.79 Å². The quantitative estimate of drug-likeness (QED) is 0.767. The Morgan fingerprint density at radius 1 is 1.04 bits per heavy atom. The number of carbonyl (C=O) groups is 1. The summed E-state index contributed by atoms with van der Waals surface area (Å²) in [5, 5.41) is 5.70. The molecule has 0 radical (unpaired) electrons. The predicted octanol–water partition coefficient (Wildman–Crippen LogP) is 2.29. The van der Waals surface area contributed by atoms with Gasteiger partial charge in [0, 0.05) is 24.5 Å². The van der Waals surface area contributed by atoms with Crippen molar-refractivity contribution in [2.24, 2.45) is 0 Å². The first-order valence-corrected chi connectivity index (χ1v) is 10.3. The van der Waals surface area contributed by atoms with Crippen molar-refractivity contribution in [3.8, 4) is 0 Å². The van der Waals surface area contributed by atoms with Crippen molar-refractivity contribution in [1.29, 1.82) is 0 Å². The fourth-order valence-electron chi connectivity index (χ4n) is 2.76. The summed E-state index contributed by atoms with van der Waals surface area (Å²) in [6.45, 7) is 3.09. The maximum atomic E-state index is 12.9. The number of amides is 1. The molecule has 3 rings (SSSR count). The molecule has 1 amide bonds. The van der Waals surface area contributed by atoms with E-state index in [9.17, 15) is 17.6 Å². The number of anilines is 2. The molecule has 1 fully saturated rings. The van der Waals surface area contributed by atoms with Crippen molar-refractivity contribution in [2.75, 3.05) is 36.9 Å². The zero-order valence-corrected chi connectivity index (χ0v) is 16.2. The summed E-state index contributed by atoms with van der Waals surface area (Å²) in [4.78, 5) is 12.5. The summed E-state index contributed by atoms with van der Waals surface area (Å²) in [5.41, 5.74) is 1.11. The van der Waals surface area contributed by atoms with Gasteiger partial charge in [0.25, 0.3) is 0 Å². The number of halogens is 1. The molecule has 7 nitrogen and oxygen atoms in total. The van der Waals surface area contributed by atoms with Crippen LogP contribution in [0.5, 0.6) is 0 Å². The molecule has 0 unspecified atom stereocenters. The SMILES string of the molecule is C[C@@H](Nc1ccc(F)cc1)C(=O)Nc1ccc(S(=O)(=O)N2CCOCC2)cc1. The van der Waals surface area contributed by atoms with Crippen molar-refractivity contribution >= 4 is 27.3 Å². The van der Waals surface area contributed by atoms with Crippen LogP contribution in [0.2, 0.25) is 0 Å². The Kier molecular flexibility index (Phi) is 6.28. The van der Waals surface area contributed by atoms with Gasteiger partial charge in [0.1, 0.15) is 11.9 Å². The molecular formula is C19H22FN3O4S. The van der Waals surface area contributed by atoms with E-state index in [1.165, 1.54) is 28.6 Å². The Balaban J connectivity index is 1.61. The smallest absolute Gasteiger partial charge is 0.246 e. The molecule has 2 N–H and O–H groups in total. The largest absolute Gasteiger partial charge is 0.379 e. The minimum absolute atomic E-state index is 0.171. The Morgan fingerprint density at radius 3 is 2.21 bits per heavy atom. The molecule has 9 heteroatoms. The highest BCUT2D eigenvalue weighted by Crippen LogP contribution is 2.20. The third-order valence-corrected chi connectivity index (χ3v) is 6.26. The lowest BCUT2D eigenvalue weighted by molar-refractivity contribution is -0.116. The number of hydrogen-bond acceptors (Lipinski definition) is 5. The Hall–Kier alpha value is -2.49. The number of carbonyl (C=O) groups excluding carboxylic acids is 1. The fraction of sp³-hybridized carbons (Fsp3) is 0.316. The minimum Gasteiger partial charge on any atom is -0.379 e. The van der Waals surface area contributed by atoms with Crippen LogP contribution >= 0.6 is 0 Å². The van der Waals surface area contributed by atoms with Crippen molar-refractivity contribution in [3.63, 3.8) is 0 Å². The first-order valence-electron chi connectivity index (χ1n) is 8.87. The zero-order chi connectivity index (χ0) is 20.1. The Labute approximate surface area is 163 Å². The van der Waals surface area contributed by atoms with Crippen molar-refractivity contribution in [3.05, 3.63) is 54.3 Å². The lowest BCUT2D eigenvalue weighted by atomic mass is 10.2. The number of nitrogens with one attached hydrogen (secondary N) is 2. The molecule has 0 aliphatic carbocycles. The third-order valence-electron chi connectivity index (χ3n) is 4.35. The minimum atomic E-state index is -3.57. The Bertz CT molecular complexity index is 911. The van der Waals surface area contributed by atoms with Gasteiger partial charge in [-0.15, -0.1) is 0 Å². The van der Waals surface area contributed by atoms with Crippen LogP contribution in [0.3, 0.4) is 0 Å².